The third kappa shape index (κ3) is 4.52. The molecule has 1 amide bonds. The molecule has 7 heteroatoms. The van der Waals surface area contributed by atoms with Crippen LogP contribution in [0.3, 0.4) is 0 Å². The van der Waals surface area contributed by atoms with Gasteiger partial charge in [-0.05, 0) is 77.4 Å². The number of carbonyl (C=O) groups excluding carboxylic acids is 1. The van der Waals surface area contributed by atoms with Crippen LogP contribution >= 0.6 is 27.3 Å². The van der Waals surface area contributed by atoms with E-state index in [2.05, 4.69) is 21.2 Å². The largest absolute Gasteiger partial charge is 0.324 e. The van der Waals surface area contributed by atoms with E-state index >= 15 is 0 Å². The molecule has 1 aliphatic rings. The van der Waals surface area contributed by atoms with Crippen molar-refractivity contribution in [3.8, 4) is 0 Å². The molecular formula is C26H24BrN3O2S. The van der Waals surface area contributed by atoms with Crippen molar-refractivity contribution in [2.24, 2.45) is 0 Å². The minimum absolute atomic E-state index is 0.0745. The van der Waals surface area contributed by atoms with Crippen LogP contribution in [-0.2, 0) is 30.6 Å². The van der Waals surface area contributed by atoms with E-state index in [4.69, 9.17) is 4.98 Å². The number of hydrogen-bond acceptors (Lipinski definition) is 4. The van der Waals surface area contributed by atoms with E-state index < -0.39 is 0 Å². The van der Waals surface area contributed by atoms with E-state index in [9.17, 15) is 9.59 Å². The Morgan fingerprint density at radius 3 is 2.73 bits per heavy atom. The van der Waals surface area contributed by atoms with Crippen molar-refractivity contribution in [1.82, 2.24) is 9.55 Å². The van der Waals surface area contributed by atoms with Gasteiger partial charge >= 0.3 is 0 Å². The fourth-order valence-corrected chi connectivity index (χ4v) is 6.27. The average molecular weight is 522 g/mol. The molecule has 0 bridgehead atoms. The fraction of sp³-hybridized carbons (Fsp3) is 0.269. The van der Waals surface area contributed by atoms with Gasteiger partial charge < -0.3 is 5.32 Å². The van der Waals surface area contributed by atoms with Crippen molar-refractivity contribution < 1.29 is 4.79 Å². The molecule has 0 spiro atoms. The lowest BCUT2D eigenvalue weighted by atomic mass is 9.97. The summed E-state index contributed by atoms with van der Waals surface area (Å²) in [5, 5.41) is 3.64. The van der Waals surface area contributed by atoms with Crippen molar-refractivity contribution in [3.05, 3.63) is 90.7 Å². The first kappa shape index (κ1) is 22.0. The van der Waals surface area contributed by atoms with Gasteiger partial charge in [0.2, 0.25) is 5.91 Å². The molecule has 2 aromatic heterocycles. The molecule has 0 unspecified atom stereocenters. The highest BCUT2D eigenvalue weighted by molar-refractivity contribution is 9.10. The normalized spacial score (nSPS) is 13.2. The van der Waals surface area contributed by atoms with Crippen LogP contribution in [0.2, 0.25) is 0 Å². The average Bonchev–Trinajstić information content (AvgIpc) is 3.17. The highest BCUT2D eigenvalue weighted by Gasteiger charge is 2.23. The molecule has 4 aromatic rings. The monoisotopic (exact) mass is 521 g/mol. The van der Waals surface area contributed by atoms with Gasteiger partial charge in [0.15, 0.2) is 0 Å². The van der Waals surface area contributed by atoms with Crippen molar-refractivity contribution in [3.63, 3.8) is 0 Å². The van der Waals surface area contributed by atoms with Crippen molar-refractivity contribution in [1.29, 1.82) is 0 Å². The second-order valence-electron chi connectivity index (χ2n) is 8.50. The number of nitrogens with one attached hydrogen (secondary N) is 1. The number of aromatic nitrogens is 2. The molecule has 5 nitrogen and oxygen atoms in total. The van der Waals surface area contributed by atoms with Crippen molar-refractivity contribution in [2.45, 2.75) is 45.6 Å². The van der Waals surface area contributed by atoms with E-state index in [0.717, 1.165) is 51.7 Å². The molecule has 0 saturated heterocycles. The number of anilines is 1. The molecule has 0 saturated carbocycles. The van der Waals surface area contributed by atoms with Gasteiger partial charge in [0, 0.05) is 15.8 Å². The minimum Gasteiger partial charge on any atom is -0.324 e. The number of carbonyl (C=O) groups is 1. The number of benzene rings is 2. The van der Waals surface area contributed by atoms with Gasteiger partial charge in [0.25, 0.3) is 5.56 Å². The van der Waals surface area contributed by atoms with E-state index in [1.165, 1.54) is 4.88 Å². The summed E-state index contributed by atoms with van der Waals surface area (Å²) in [6.07, 6.45) is 4.65. The van der Waals surface area contributed by atoms with E-state index in [1.54, 1.807) is 15.9 Å². The molecule has 168 valence electrons. The Morgan fingerprint density at radius 2 is 1.94 bits per heavy atom. The first-order valence-corrected chi connectivity index (χ1v) is 12.7. The van der Waals surface area contributed by atoms with Gasteiger partial charge in [0.05, 0.1) is 11.1 Å². The van der Waals surface area contributed by atoms with Crippen molar-refractivity contribution >= 4 is 49.1 Å². The maximum absolute atomic E-state index is 13.7. The van der Waals surface area contributed by atoms with Crippen LogP contribution in [-0.4, -0.2) is 15.5 Å². The van der Waals surface area contributed by atoms with Crippen LogP contribution in [0.15, 0.2) is 57.8 Å². The van der Waals surface area contributed by atoms with Crippen LogP contribution in [0.25, 0.3) is 10.2 Å². The SMILES string of the molecule is Cc1ccc(NC(=O)Cn2c(Cc3ccccc3)nc3sc4c(c3c2=O)CCCC4)c(Br)c1. The summed E-state index contributed by atoms with van der Waals surface area (Å²) >= 11 is 5.15. The predicted molar refractivity (Wildman–Crippen MR) is 137 cm³/mol. The van der Waals surface area contributed by atoms with Crippen LogP contribution in [0, 0.1) is 6.92 Å². The number of rotatable bonds is 5. The standard InChI is InChI=1S/C26H24BrN3O2S/c1-16-11-12-20(19(27)13-16)28-23(31)15-30-22(14-17-7-3-2-4-8-17)29-25-24(26(30)32)18-9-5-6-10-21(18)33-25/h2-4,7-8,11-13H,5-6,9-10,14-15H2,1H3,(H,28,31). The Morgan fingerprint density at radius 1 is 1.15 bits per heavy atom. The Kier molecular flexibility index (Phi) is 6.17. The number of halogens is 1. The van der Waals surface area contributed by atoms with E-state index in [-0.39, 0.29) is 18.0 Å². The molecule has 1 N–H and O–H groups in total. The Balaban J connectivity index is 1.55. The van der Waals surface area contributed by atoms with Crippen molar-refractivity contribution in [2.75, 3.05) is 5.32 Å². The molecule has 2 aromatic carbocycles. The molecule has 1 aliphatic carbocycles. The lowest BCUT2D eigenvalue weighted by Gasteiger charge is -2.15. The molecule has 0 fully saturated rings. The summed E-state index contributed by atoms with van der Waals surface area (Å²) < 4.78 is 2.38. The number of thiophene rings is 1. The summed E-state index contributed by atoms with van der Waals surface area (Å²) in [6, 6.07) is 15.7. The molecule has 5 rings (SSSR count). The Hall–Kier alpha value is -2.77. The van der Waals surface area contributed by atoms with Gasteiger partial charge in [-0.1, -0.05) is 36.4 Å². The zero-order chi connectivity index (χ0) is 22.9. The molecule has 0 aliphatic heterocycles. The highest BCUT2D eigenvalue weighted by Crippen LogP contribution is 2.34. The summed E-state index contributed by atoms with van der Waals surface area (Å²) in [4.78, 5) is 33.7. The summed E-state index contributed by atoms with van der Waals surface area (Å²) in [7, 11) is 0. The predicted octanol–water partition coefficient (Wildman–Crippen LogP) is 5.64. The zero-order valence-corrected chi connectivity index (χ0v) is 20.8. The quantitative estimate of drug-likeness (QED) is 0.369. The van der Waals surface area contributed by atoms with E-state index in [0.29, 0.717) is 23.3 Å². The third-order valence-corrected chi connectivity index (χ3v) is 7.90. The third-order valence-electron chi connectivity index (χ3n) is 6.06. The summed E-state index contributed by atoms with van der Waals surface area (Å²) in [6.45, 7) is 1.92. The number of nitrogens with zero attached hydrogens (tertiary/aromatic N) is 2. The fourth-order valence-electron chi connectivity index (χ4n) is 4.41. The lowest BCUT2D eigenvalue weighted by Crippen LogP contribution is -2.31. The molecule has 2 heterocycles. The number of hydrogen-bond donors (Lipinski definition) is 1. The second-order valence-corrected chi connectivity index (χ2v) is 10.4. The molecule has 0 atom stereocenters. The van der Waals surface area contributed by atoms with E-state index in [1.807, 2.05) is 55.5 Å². The van der Waals surface area contributed by atoms with Crippen LogP contribution in [0.5, 0.6) is 0 Å². The second kappa shape index (κ2) is 9.23. The number of aryl methyl sites for hydroxylation is 3. The molecular weight excluding hydrogens is 498 g/mol. The Bertz CT molecular complexity index is 1410. The maximum atomic E-state index is 13.7. The topological polar surface area (TPSA) is 64.0 Å². The number of fused-ring (bicyclic) bond motifs is 3. The van der Waals surface area contributed by atoms with Gasteiger partial charge in [-0.15, -0.1) is 11.3 Å². The first-order valence-electron chi connectivity index (χ1n) is 11.1. The van der Waals surface area contributed by atoms with Crippen LogP contribution in [0.1, 0.15) is 40.2 Å². The van der Waals surface area contributed by atoms with Gasteiger partial charge in [-0.2, -0.15) is 0 Å². The minimum atomic E-state index is -0.249. The Labute approximate surface area is 204 Å². The first-order chi connectivity index (χ1) is 16.0. The molecule has 0 radical (unpaired) electrons. The highest BCUT2D eigenvalue weighted by atomic mass is 79.9. The maximum Gasteiger partial charge on any atom is 0.263 e. The van der Waals surface area contributed by atoms with Gasteiger partial charge in [0.1, 0.15) is 17.2 Å². The van der Waals surface area contributed by atoms with Gasteiger partial charge in [-0.3, -0.25) is 14.2 Å². The smallest absolute Gasteiger partial charge is 0.263 e. The van der Waals surface area contributed by atoms with Crippen LogP contribution in [0.4, 0.5) is 5.69 Å². The zero-order valence-electron chi connectivity index (χ0n) is 18.4. The van der Waals surface area contributed by atoms with Gasteiger partial charge in [-0.25, -0.2) is 4.98 Å². The van der Waals surface area contributed by atoms with Crippen LogP contribution < -0.4 is 10.9 Å². The summed E-state index contributed by atoms with van der Waals surface area (Å²) in [5.74, 6) is 0.372. The lowest BCUT2D eigenvalue weighted by molar-refractivity contribution is -0.116. The number of amides is 1. The summed E-state index contributed by atoms with van der Waals surface area (Å²) in [5.41, 5.74) is 3.87. The molecule has 33 heavy (non-hydrogen) atoms.